The predicted octanol–water partition coefficient (Wildman–Crippen LogP) is 2.23. The van der Waals surface area contributed by atoms with Crippen LogP contribution in [0.3, 0.4) is 0 Å². The highest BCUT2D eigenvalue weighted by Crippen LogP contribution is 2.33. The molecule has 1 saturated heterocycles. The Morgan fingerprint density at radius 1 is 1.30 bits per heavy atom. The summed E-state index contributed by atoms with van der Waals surface area (Å²) in [5.41, 5.74) is 1.40. The number of benzene rings is 1. The van der Waals surface area contributed by atoms with Gasteiger partial charge in [0.05, 0.1) is 10.9 Å². The number of carbonyl (C=O) groups is 1. The fourth-order valence-electron chi connectivity index (χ4n) is 3.00. The lowest BCUT2D eigenvalue weighted by Crippen LogP contribution is -2.43. The van der Waals surface area contributed by atoms with Crippen LogP contribution in [0.2, 0.25) is 0 Å². The van der Waals surface area contributed by atoms with Crippen molar-refractivity contribution >= 4 is 16.9 Å². The van der Waals surface area contributed by atoms with Crippen molar-refractivity contribution in [3.63, 3.8) is 0 Å². The third kappa shape index (κ3) is 2.39. The molecule has 2 aromatic rings. The minimum absolute atomic E-state index is 0.592. The smallest absolute Gasteiger partial charge is 0.310 e. The Morgan fingerprint density at radius 3 is 2.85 bits per heavy atom. The van der Waals surface area contributed by atoms with Crippen LogP contribution in [0.1, 0.15) is 18.4 Å². The number of carboxylic acids is 1. The number of nitrogens with one attached hydrogen (secondary N) is 1. The van der Waals surface area contributed by atoms with E-state index in [0.29, 0.717) is 19.3 Å². The zero-order valence-corrected chi connectivity index (χ0v) is 11.3. The lowest BCUT2D eigenvalue weighted by atomic mass is 9.74. The van der Waals surface area contributed by atoms with Crippen molar-refractivity contribution in [2.75, 3.05) is 13.1 Å². The van der Waals surface area contributed by atoms with Gasteiger partial charge in [-0.2, -0.15) is 0 Å². The molecule has 0 spiro atoms. The molecule has 1 aromatic heterocycles. The molecule has 0 bridgehead atoms. The standard InChI is InChI=1S/C16H18N2O2/c19-15(20)16(5-8-17-9-6-16)11-12-3-4-14-13(10-12)2-1-7-18-14/h1-4,7,10,17H,5-6,8-9,11H2,(H,19,20). The third-order valence-electron chi connectivity index (χ3n) is 4.22. The summed E-state index contributed by atoms with van der Waals surface area (Å²) < 4.78 is 0. The van der Waals surface area contributed by atoms with Crippen molar-refractivity contribution in [3.05, 3.63) is 42.1 Å². The molecule has 4 nitrogen and oxygen atoms in total. The van der Waals surface area contributed by atoms with Gasteiger partial charge >= 0.3 is 5.97 Å². The highest BCUT2D eigenvalue weighted by Gasteiger charge is 2.39. The molecular weight excluding hydrogens is 252 g/mol. The summed E-state index contributed by atoms with van der Waals surface area (Å²) in [5.74, 6) is -0.676. The van der Waals surface area contributed by atoms with Gasteiger partial charge in [0.15, 0.2) is 0 Å². The lowest BCUT2D eigenvalue weighted by molar-refractivity contribution is -0.150. The van der Waals surface area contributed by atoms with E-state index in [-0.39, 0.29) is 0 Å². The molecule has 1 fully saturated rings. The number of fused-ring (bicyclic) bond motifs is 1. The SMILES string of the molecule is O=C(O)C1(Cc2ccc3ncccc3c2)CCNCC1. The molecule has 2 N–H and O–H groups in total. The van der Waals surface area contributed by atoms with E-state index in [2.05, 4.69) is 16.4 Å². The lowest BCUT2D eigenvalue weighted by Gasteiger charge is -2.33. The second-order valence-electron chi connectivity index (χ2n) is 5.54. The van der Waals surface area contributed by atoms with Crippen molar-refractivity contribution in [2.45, 2.75) is 19.3 Å². The molecule has 0 atom stereocenters. The summed E-state index contributed by atoms with van der Waals surface area (Å²) >= 11 is 0. The minimum atomic E-state index is -0.676. The minimum Gasteiger partial charge on any atom is -0.481 e. The molecule has 1 aliphatic rings. The van der Waals surface area contributed by atoms with Crippen LogP contribution in [0.4, 0.5) is 0 Å². The third-order valence-corrected chi connectivity index (χ3v) is 4.22. The van der Waals surface area contributed by atoms with Crippen molar-refractivity contribution in [1.82, 2.24) is 10.3 Å². The van der Waals surface area contributed by atoms with Gasteiger partial charge < -0.3 is 10.4 Å². The van der Waals surface area contributed by atoms with E-state index >= 15 is 0 Å². The van der Waals surface area contributed by atoms with Crippen LogP contribution >= 0.6 is 0 Å². The normalized spacial score (nSPS) is 18.0. The summed E-state index contributed by atoms with van der Waals surface area (Å²) in [5, 5.41) is 13.9. The van der Waals surface area contributed by atoms with Gasteiger partial charge in [-0.15, -0.1) is 0 Å². The van der Waals surface area contributed by atoms with Crippen LogP contribution < -0.4 is 5.32 Å². The number of piperidine rings is 1. The monoisotopic (exact) mass is 270 g/mol. The highest BCUT2D eigenvalue weighted by atomic mass is 16.4. The summed E-state index contributed by atoms with van der Waals surface area (Å²) in [6.45, 7) is 1.56. The molecule has 0 saturated carbocycles. The van der Waals surface area contributed by atoms with Crippen LogP contribution in [-0.2, 0) is 11.2 Å². The van der Waals surface area contributed by atoms with Gasteiger partial charge in [-0.1, -0.05) is 12.1 Å². The van der Waals surface area contributed by atoms with Gasteiger partial charge in [0.2, 0.25) is 0 Å². The van der Waals surface area contributed by atoms with Gasteiger partial charge in [0.25, 0.3) is 0 Å². The number of aliphatic carboxylic acids is 1. The Kier molecular flexibility index (Phi) is 3.40. The molecule has 4 heteroatoms. The number of aromatic nitrogens is 1. The van der Waals surface area contributed by atoms with E-state index in [0.717, 1.165) is 29.6 Å². The van der Waals surface area contributed by atoms with Gasteiger partial charge in [-0.25, -0.2) is 0 Å². The summed E-state index contributed by atoms with van der Waals surface area (Å²) in [4.78, 5) is 16.0. The van der Waals surface area contributed by atoms with E-state index in [4.69, 9.17) is 0 Å². The maximum absolute atomic E-state index is 11.7. The van der Waals surface area contributed by atoms with Crippen LogP contribution in [-0.4, -0.2) is 29.1 Å². The molecule has 1 aromatic carbocycles. The molecule has 1 aliphatic heterocycles. The molecule has 0 amide bonds. The Labute approximate surface area is 117 Å². The molecule has 2 heterocycles. The van der Waals surface area contributed by atoms with Crippen molar-refractivity contribution in [1.29, 1.82) is 0 Å². The van der Waals surface area contributed by atoms with Gasteiger partial charge in [0, 0.05) is 11.6 Å². The van der Waals surface area contributed by atoms with E-state index in [1.807, 2.05) is 24.3 Å². The van der Waals surface area contributed by atoms with Crippen molar-refractivity contribution in [3.8, 4) is 0 Å². The predicted molar refractivity (Wildman–Crippen MR) is 77.6 cm³/mol. The summed E-state index contributed by atoms with van der Waals surface area (Å²) in [7, 11) is 0. The first-order chi connectivity index (χ1) is 9.70. The fraction of sp³-hybridized carbons (Fsp3) is 0.375. The zero-order valence-electron chi connectivity index (χ0n) is 11.3. The topological polar surface area (TPSA) is 62.2 Å². The Bertz CT molecular complexity index is 633. The fourth-order valence-corrected chi connectivity index (χ4v) is 3.00. The number of hydrogen-bond acceptors (Lipinski definition) is 3. The molecule has 0 aliphatic carbocycles. The van der Waals surface area contributed by atoms with E-state index < -0.39 is 11.4 Å². The van der Waals surface area contributed by atoms with Crippen molar-refractivity contribution in [2.24, 2.45) is 5.41 Å². The van der Waals surface area contributed by atoms with Crippen LogP contribution in [0.5, 0.6) is 0 Å². The first kappa shape index (κ1) is 13.1. The van der Waals surface area contributed by atoms with E-state index in [1.54, 1.807) is 6.20 Å². The van der Waals surface area contributed by atoms with E-state index in [1.165, 1.54) is 0 Å². The first-order valence-corrected chi connectivity index (χ1v) is 6.97. The molecule has 0 unspecified atom stereocenters. The first-order valence-electron chi connectivity index (χ1n) is 6.97. The molecule has 3 rings (SSSR count). The summed E-state index contributed by atoms with van der Waals surface area (Å²) in [6.07, 6.45) is 3.74. The molecule has 104 valence electrons. The number of nitrogens with zero attached hydrogens (tertiary/aromatic N) is 1. The maximum Gasteiger partial charge on any atom is 0.310 e. The summed E-state index contributed by atoms with van der Waals surface area (Å²) in [6, 6.07) is 9.96. The second kappa shape index (κ2) is 5.21. The number of hydrogen-bond donors (Lipinski definition) is 2. The van der Waals surface area contributed by atoms with Gasteiger partial charge in [-0.05, 0) is 56.1 Å². The Balaban J connectivity index is 1.92. The number of carboxylic acid groups (broad SMARTS) is 1. The zero-order chi connectivity index (χ0) is 14.0. The quantitative estimate of drug-likeness (QED) is 0.898. The molecule has 20 heavy (non-hydrogen) atoms. The number of pyridine rings is 1. The Morgan fingerprint density at radius 2 is 2.10 bits per heavy atom. The van der Waals surface area contributed by atoms with E-state index in [9.17, 15) is 9.90 Å². The average Bonchev–Trinajstić information content (AvgIpc) is 2.48. The number of rotatable bonds is 3. The van der Waals surface area contributed by atoms with Crippen LogP contribution in [0.25, 0.3) is 10.9 Å². The van der Waals surface area contributed by atoms with Crippen molar-refractivity contribution < 1.29 is 9.90 Å². The maximum atomic E-state index is 11.7. The van der Waals surface area contributed by atoms with Crippen LogP contribution in [0.15, 0.2) is 36.5 Å². The molecule has 0 radical (unpaired) electrons. The highest BCUT2D eigenvalue weighted by molar-refractivity contribution is 5.80. The van der Waals surface area contributed by atoms with Gasteiger partial charge in [0.1, 0.15) is 0 Å². The molecular formula is C16H18N2O2. The average molecular weight is 270 g/mol. The van der Waals surface area contributed by atoms with Crippen LogP contribution in [0, 0.1) is 5.41 Å². The largest absolute Gasteiger partial charge is 0.481 e. The Hall–Kier alpha value is -1.94. The van der Waals surface area contributed by atoms with Gasteiger partial charge in [-0.3, -0.25) is 9.78 Å². The second-order valence-corrected chi connectivity index (χ2v) is 5.54.